The number of esters is 1. The highest BCUT2D eigenvalue weighted by Gasteiger charge is 2.32. The van der Waals surface area contributed by atoms with E-state index in [0.29, 0.717) is 39.7 Å². The first-order chi connectivity index (χ1) is 16.4. The first kappa shape index (κ1) is 23.9. The molecule has 1 aliphatic heterocycles. The number of amides is 2. The minimum absolute atomic E-state index is 0.0766. The van der Waals surface area contributed by atoms with Gasteiger partial charge in [0, 0.05) is 22.8 Å². The average Bonchev–Trinajstić information content (AvgIpc) is 3.21. The Morgan fingerprint density at radius 2 is 1.79 bits per heavy atom. The predicted molar refractivity (Wildman–Crippen MR) is 134 cm³/mol. The third-order valence-corrected chi connectivity index (χ3v) is 7.19. The summed E-state index contributed by atoms with van der Waals surface area (Å²) in [4.78, 5) is 39.1. The second-order valence-corrected chi connectivity index (χ2v) is 9.36. The van der Waals surface area contributed by atoms with E-state index in [1.165, 1.54) is 7.11 Å². The second kappa shape index (κ2) is 10.3. The van der Waals surface area contributed by atoms with E-state index in [0.717, 1.165) is 11.1 Å². The molecule has 1 atom stereocenters. The summed E-state index contributed by atoms with van der Waals surface area (Å²) >= 11 is 7.54. The van der Waals surface area contributed by atoms with E-state index in [-0.39, 0.29) is 17.2 Å². The van der Waals surface area contributed by atoms with Gasteiger partial charge in [0.15, 0.2) is 0 Å². The Balaban J connectivity index is 1.48. The van der Waals surface area contributed by atoms with Crippen LogP contribution in [0.1, 0.15) is 42.8 Å². The summed E-state index contributed by atoms with van der Waals surface area (Å²) in [6.07, 6.45) is 0. The zero-order valence-electron chi connectivity index (χ0n) is 18.7. The Kier molecular flexibility index (Phi) is 7.24. The van der Waals surface area contributed by atoms with Gasteiger partial charge in [-0.25, -0.2) is 4.79 Å². The zero-order valence-corrected chi connectivity index (χ0v) is 20.3. The Morgan fingerprint density at radius 3 is 2.47 bits per heavy atom. The van der Waals surface area contributed by atoms with Crippen LogP contribution in [0, 0.1) is 6.92 Å². The average molecular weight is 495 g/mol. The van der Waals surface area contributed by atoms with Crippen LogP contribution in [0.15, 0.2) is 66.7 Å². The van der Waals surface area contributed by atoms with Crippen LogP contribution in [0.4, 0.5) is 5.69 Å². The monoisotopic (exact) mass is 494 g/mol. The number of anilines is 1. The van der Waals surface area contributed by atoms with Crippen LogP contribution in [0.25, 0.3) is 0 Å². The first-order valence-corrected chi connectivity index (χ1v) is 12.0. The molecule has 0 aliphatic carbocycles. The molecule has 0 saturated carbocycles. The van der Waals surface area contributed by atoms with Gasteiger partial charge in [0.2, 0.25) is 5.91 Å². The number of rotatable bonds is 6. The number of halogens is 1. The van der Waals surface area contributed by atoms with Crippen molar-refractivity contribution in [3.63, 3.8) is 0 Å². The summed E-state index contributed by atoms with van der Waals surface area (Å²) in [7, 11) is 1.32. The van der Waals surface area contributed by atoms with Crippen LogP contribution >= 0.6 is 23.4 Å². The molecule has 0 bridgehead atoms. The van der Waals surface area contributed by atoms with Gasteiger partial charge in [0.05, 0.1) is 18.4 Å². The number of ether oxygens (including phenoxy) is 1. The standard InChI is InChI=1S/C26H23ClN2O4S/c1-16-21(26(32)33-2)4-3-5-22(16)28-24(31)18-8-10-19(11-9-18)25-29(23(30)15-34-25)14-17-6-12-20(27)13-7-17/h3-13,25H,14-15H2,1-2H3,(H,28,31)/t25-/m1/s1. The van der Waals surface area contributed by atoms with Gasteiger partial charge in [-0.05, 0) is 60.0 Å². The van der Waals surface area contributed by atoms with Crippen LogP contribution < -0.4 is 5.32 Å². The van der Waals surface area contributed by atoms with Crippen LogP contribution in [-0.4, -0.2) is 35.5 Å². The molecule has 1 saturated heterocycles. The van der Waals surface area contributed by atoms with E-state index >= 15 is 0 Å². The predicted octanol–water partition coefficient (Wildman–Crippen LogP) is 5.46. The zero-order chi connectivity index (χ0) is 24.2. The number of thioether (sulfide) groups is 1. The quantitative estimate of drug-likeness (QED) is 0.460. The number of carbonyl (C=O) groups is 3. The fourth-order valence-corrected chi connectivity index (χ4v) is 5.10. The fourth-order valence-electron chi connectivity index (χ4n) is 3.78. The highest BCUT2D eigenvalue weighted by molar-refractivity contribution is 8.00. The van der Waals surface area contributed by atoms with Gasteiger partial charge in [0.25, 0.3) is 5.91 Å². The molecule has 1 aliphatic rings. The van der Waals surface area contributed by atoms with E-state index in [9.17, 15) is 14.4 Å². The van der Waals surface area contributed by atoms with Gasteiger partial charge in [0.1, 0.15) is 5.37 Å². The van der Waals surface area contributed by atoms with Crippen molar-refractivity contribution in [3.05, 3.63) is 99.6 Å². The first-order valence-electron chi connectivity index (χ1n) is 10.6. The minimum Gasteiger partial charge on any atom is -0.465 e. The molecular weight excluding hydrogens is 472 g/mol. The maximum atomic E-state index is 12.8. The Hall–Kier alpha value is -3.29. The van der Waals surface area contributed by atoms with Crippen molar-refractivity contribution >= 4 is 46.8 Å². The Morgan fingerprint density at radius 1 is 1.09 bits per heavy atom. The number of nitrogens with zero attached hydrogens (tertiary/aromatic N) is 1. The van der Waals surface area contributed by atoms with Crippen LogP contribution in [0.3, 0.4) is 0 Å². The smallest absolute Gasteiger partial charge is 0.338 e. The van der Waals surface area contributed by atoms with Crippen molar-refractivity contribution in [2.24, 2.45) is 0 Å². The lowest BCUT2D eigenvalue weighted by Gasteiger charge is -2.24. The lowest BCUT2D eigenvalue weighted by Crippen LogP contribution is -2.27. The lowest BCUT2D eigenvalue weighted by molar-refractivity contribution is -0.128. The van der Waals surface area contributed by atoms with Gasteiger partial charge in [-0.15, -0.1) is 11.8 Å². The number of nitrogens with one attached hydrogen (secondary N) is 1. The van der Waals surface area contributed by atoms with Crippen molar-refractivity contribution in [1.82, 2.24) is 4.90 Å². The van der Waals surface area contributed by atoms with Crippen molar-refractivity contribution in [2.75, 3.05) is 18.2 Å². The molecule has 3 aromatic carbocycles. The minimum atomic E-state index is -0.454. The van der Waals surface area contributed by atoms with Gasteiger partial charge >= 0.3 is 5.97 Å². The van der Waals surface area contributed by atoms with E-state index in [1.54, 1.807) is 49.0 Å². The maximum absolute atomic E-state index is 12.8. The van der Waals surface area contributed by atoms with Gasteiger partial charge in [-0.3, -0.25) is 9.59 Å². The number of hydrogen-bond donors (Lipinski definition) is 1. The van der Waals surface area contributed by atoms with Crippen molar-refractivity contribution in [1.29, 1.82) is 0 Å². The van der Waals surface area contributed by atoms with Crippen LogP contribution in [0.5, 0.6) is 0 Å². The highest BCUT2D eigenvalue weighted by Crippen LogP contribution is 2.39. The molecule has 34 heavy (non-hydrogen) atoms. The van der Waals surface area contributed by atoms with E-state index < -0.39 is 5.97 Å². The van der Waals surface area contributed by atoms with Gasteiger partial charge in [-0.1, -0.05) is 41.9 Å². The molecule has 1 fully saturated rings. The van der Waals surface area contributed by atoms with Crippen molar-refractivity contribution < 1.29 is 19.1 Å². The van der Waals surface area contributed by atoms with E-state index in [2.05, 4.69) is 5.32 Å². The van der Waals surface area contributed by atoms with Gasteiger partial charge < -0.3 is 15.0 Å². The summed E-state index contributed by atoms with van der Waals surface area (Å²) in [5.41, 5.74) is 4.02. The van der Waals surface area contributed by atoms with E-state index in [4.69, 9.17) is 16.3 Å². The highest BCUT2D eigenvalue weighted by atomic mass is 35.5. The number of benzene rings is 3. The molecule has 4 rings (SSSR count). The summed E-state index contributed by atoms with van der Waals surface area (Å²) < 4.78 is 4.80. The molecule has 3 aromatic rings. The molecule has 174 valence electrons. The van der Waals surface area contributed by atoms with Crippen LogP contribution in [-0.2, 0) is 16.1 Å². The Bertz CT molecular complexity index is 1230. The summed E-state index contributed by atoms with van der Waals surface area (Å²) in [5.74, 6) is -0.252. The molecule has 1 N–H and O–H groups in total. The molecule has 1 heterocycles. The SMILES string of the molecule is COC(=O)c1cccc(NC(=O)c2ccc([C@H]3SCC(=O)N3Cc3ccc(Cl)cc3)cc2)c1C. The molecule has 0 unspecified atom stereocenters. The normalized spacial score (nSPS) is 15.3. The van der Waals surface area contributed by atoms with E-state index in [1.807, 2.05) is 41.3 Å². The molecule has 0 spiro atoms. The third-order valence-electron chi connectivity index (χ3n) is 5.68. The van der Waals surface area contributed by atoms with Crippen molar-refractivity contribution in [2.45, 2.75) is 18.8 Å². The molecule has 6 nitrogen and oxygen atoms in total. The van der Waals surface area contributed by atoms with Gasteiger partial charge in [-0.2, -0.15) is 0 Å². The van der Waals surface area contributed by atoms with Crippen molar-refractivity contribution in [3.8, 4) is 0 Å². The third kappa shape index (κ3) is 5.11. The largest absolute Gasteiger partial charge is 0.465 e. The lowest BCUT2D eigenvalue weighted by atomic mass is 10.1. The Labute approximate surface area is 207 Å². The second-order valence-electron chi connectivity index (χ2n) is 7.86. The topological polar surface area (TPSA) is 75.7 Å². The molecule has 0 aromatic heterocycles. The molecular formula is C26H23ClN2O4S. The molecule has 8 heteroatoms. The number of methoxy groups -OCH3 is 1. The molecule has 2 amide bonds. The maximum Gasteiger partial charge on any atom is 0.338 e. The number of hydrogen-bond acceptors (Lipinski definition) is 5. The fraction of sp³-hybridized carbons (Fsp3) is 0.192. The summed E-state index contributed by atoms with van der Waals surface area (Å²) in [6, 6.07) is 19.8. The summed E-state index contributed by atoms with van der Waals surface area (Å²) in [6.45, 7) is 2.25. The molecule has 0 radical (unpaired) electrons. The summed E-state index contributed by atoms with van der Waals surface area (Å²) in [5, 5.41) is 3.39. The van der Waals surface area contributed by atoms with Crippen LogP contribution in [0.2, 0.25) is 5.02 Å². The number of carbonyl (C=O) groups excluding carboxylic acids is 3.